The monoisotopic (exact) mass is 306 g/mol. The van der Waals surface area contributed by atoms with Gasteiger partial charge in [0.25, 0.3) is 0 Å². The molecule has 0 N–H and O–H groups in total. The fraction of sp³-hybridized carbons (Fsp3) is 0.625. The zero-order valence-corrected chi connectivity index (χ0v) is 14.4. The van der Waals surface area contributed by atoms with Gasteiger partial charge in [0.1, 0.15) is 27.8 Å². The van der Waals surface area contributed by atoms with E-state index in [-0.39, 0.29) is 0 Å². The van der Waals surface area contributed by atoms with E-state index >= 15 is 0 Å². The molecule has 1 aromatic rings. The number of hydrogen-bond donors (Lipinski definition) is 0. The highest BCUT2D eigenvalue weighted by molar-refractivity contribution is 6.34. The molecule has 0 atom stereocenters. The lowest BCUT2D eigenvalue weighted by Crippen LogP contribution is -2.10. The Morgan fingerprint density at radius 1 is 0.727 bits per heavy atom. The van der Waals surface area contributed by atoms with Crippen LogP contribution in [-0.2, 0) is 22.1 Å². The summed E-state index contributed by atoms with van der Waals surface area (Å²) < 4.78 is 21.8. The lowest BCUT2D eigenvalue weighted by Gasteiger charge is -2.17. The van der Waals surface area contributed by atoms with Crippen molar-refractivity contribution in [2.75, 3.05) is 40.6 Å². The van der Waals surface area contributed by atoms with Crippen LogP contribution in [0.1, 0.15) is 11.1 Å². The Kier molecular flexibility index (Phi) is 9.84. The van der Waals surface area contributed by atoms with Crippen molar-refractivity contribution in [1.29, 1.82) is 0 Å². The van der Waals surface area contributed by atoms with Crippen molar-refractivity contribution < 1.29 is 18.9 Å². The average Bonchev–Trinajstić information content (AvgIpc) is 2.51. The minimum Gasteiger partial charge on any atom is -0.487 e. The van der Waals surface area contributed by atoms with Gasteiger partial charge in [-0.1, -0.05) is 26.3 Å². The second-order valence-corrected chi connectivity index (χ2v) is 5.25. The Bertz CT molecular complexity index is 388. The molecule has 0 aliphatic carbocycles. The SMILES string of the molecule is CBCc1cc(OCCOC)c(OCCOC)cc1CBC. The fourth-order valence-electron chi connectivity index (χ4n) is 2.34. The fourth-order valence-corrected chi connectivity index (χ4v) is 2.34. The molecule has 0 radical (unpaired) electrons. The standard InChI is InChI=1S/C16H28B2O4/c1-17-11-13-9-15(21-7-5-19-3)16(22-8-6-20-4)10-14(13)12-18-2/h9-10,17-18H,5-8,11-12H2,1-4H3. The van der Waals surface area contributed by atoms with Gasteiger partial charge in [0, 0.05) is 14.2 Å². The van der Waals surface area contributed by atoms with E-state index in [2.05, 4.69) is 25.8 Å². The van der Waals surface area contributed by atoms with E-state index in [1.807, 2.05) is 0 Å². The molecule has 0 heterocycles. The molecule has 6 heteroatoms. The Morgan fingerprint density at radius 2 is 1.14 bits per heavy atom. The van der Waals surface area contributed by atoms with Gasteiger partial charge in [-0.2, -0.15) is 0 Å². The summed E-state index contributed by atoms with van der Waals surface area (Å²) >= 11 is 0. The Balaban J connectivity index is 2.97. The molecule has 1 rings (SSSR count). The molecule has 0 unspecified atom stereocenters. The Morgan fingerprint density at radius 3 is 1.45 bits per heavy atom. The zero-order chi connectivity index (χ0) is 16.2. The van der Waals surface area contributed by atoms with Gasteiger partial charge in [-0.15, -0.1) is 0 Å². The van der Waals surface area contributed by atoms with Gasteiger partial charge in [-0.3, -0.25) is 0 Å². The third-order valence-corrected chi connectivity index (χ3v) is 3.39. The summed E-state index contributed by atoms with van der Waals surface area (Å²) in [6.45, 7) is 6.58. The largest absolute Gasteiger partial charge is 0.487 e. The maximum absolute atomic E-state index is 5.84. The lowest BCUT2D eigenvalue weighted by molar-refractivity contribution is 0.132. The molecule has 0 spiro atoms. The van der Waals surface area contributed by atoms with Gasteiger partial charge >= 0.3 is 0 Å². The molecular weight excluding hydrogens is 278 g/mol. The van der Waals surface area contributed by atoms with Crippen LogP contribution in [0.15, 0.2) is 12.1 Å². The van der Waals surface area contributed by atoms with Crippen LogP contribution >= 0.6 is 0 Å². The smallest absolute Gasteiger partial charge is 0.161 e. The molecule has 0 fully saturated rings. The molecule has 4 nitrogen and oxygen atoms in total. The normalized spacial score (nSPS) is 10.4. The van der Waals surface area contributed by atoms with E-state index in [0.29, 0.717) is 26.4 Å². The first-order chi connectivity index (χ1) is 10.8. The van der Waals surface area contributed by atoms with Crippen molar-refractivity contribution in [2.45, 2.75) is 26.3 Å². The molecule has 122 valence electrons. The topological polar surface area (TPSA) is 36.9 Å². The summed E-state index contributed by atoms with van der Waals surface area (Å²) in [5.74, 6) is 1.60. The van der Waals surface area contributed by atoms with Crippen molar-refractivity contribution in [3.8, 4) is 11.5 Å². The highest BCUT2D eigenvalue weighted by atomic mass is 16.5. The highest BCUT2D eigenvalue weighted by Gasteiger charge is 2.12. The summed E-state index contributed by atoms with van der Waals surface area (Å²) in [6.07, 6.45) is 2.13. The van der Waals surface area contributed by atoms with Crippen molar-refractivity contribution in [3.05, 3.63) is 23.3 Å². The van der Waals surface area contributed by atoms with Crippen LogP contribution in [0, 0.1) is 0 Å². The van der Waals surface area contributed by atoms with Crippen molar-refractivity contribution >= 4 is 14.6 Å². The van der Waals surface area contributed by atoms with Crippen molar-refractivity contribution in [2.24, 2.45) is 0 Å². The minimum atomic E-state index is 0.524. The molecule has 0 aliphatic heterocycles. The molecule has 0 aliphatic rings. The number of benzene rings is 1. The third kappa shape index (κ3) is 6.32. The van der Waals surface area contributed by atoms with E-state index in [0.717, 1.165) is 38.7 Å². The molecule has 0 amide bonds. The second-order valence-electron chi connectivity index (χ2n) is 5.25. The van der Waals surface area contributed by atoms with Gasteiger partial charge in [-0.25, -0.2) is 0 Å². The van der Waals surface area contributed by atoms with Gasteiger partial charge in [0.2, 0.25) is 0 Å². The predicted molar refractivity (Wildman–Crippen MR) is 94.6 cm³/mol. The number of rotatable bonds is 12. The zero-order valence-electron chi connectivity index (χ0n) is 14.4. The molecule has 0 saturated carbocycles. The quantitative estimate of drug-likeness (QED) is 0.435. The number of ether oxygens (including phenoxy) is 4. The van der Waals surface area contributed by atoms with Crippen LogP contribution < -0.4 is 9.47 Å². The maximum Gasteiger partial charge on any atom is 0.161 e. The predicted octanol–water partition coefficient (Wildman–Crippen LogP) is 1.71. The second kappa shape index (κ2) is 11.4. The van der Waals surface area contributed by atoms with E-state index in [4.69, 9.17) is 18.9 Å². The summed E-state index contributed by atoms with van der Waals surface area (Å²) in [6, 6.07) is 4.26. The van der Waals surface area contributed by atoms with Crippen molar-refractivity contribution in [3.63, 3.8) is 0 Å². The van der Waals surface area contributed by atoms with Crippen LogP contribution in [0.2, 0.25) is 13.6 Å². The molecule has 0 bridgehead atoms. The number of hydrogen-bond acceptors (Lipinski definition) is 4. The van der Waals surface area contributed by atoms with E-state index in [1.165, 1.54) is 11.1 Å². The molecule has 22 heavy (non-hydrogen) atoms. The third-order valence-electron chi connectivity index (χ3n) is 3.39. The average molecular weight is 306 g/mol. The lowest BCUT2D eigenvalue weighted by atomic mass is 9.69. The molecule has 1 aromatic carbocycles. The summed E-state index contributed by atoms with van der Waals surface area (Å²) in [7, 11) is 5.59. The van der Waals surface area contributed by atoms with Crippen LogP contribution in [0.4, 0.5) is 0 Å². The van der Waals surface area contributed by atoms with E-state index in [9.17, 15) is 0 Å². The molecule has 0 saturated heterocycles. The summed E-state index contributed by atoms with van der Waals surface area (Å²) in [5.41, 5.74) is 2.71. The first kappa shape index (κ1) is 18.9. The molecular formula is C16H28B2O4. The first-order valence-corrected chi connectivity index (χ1v) is 8.16. The summed E-state index contributed by atoms with van der Waals surface area (Å²) in [5, 5.41) is 0. The van der Waals surface area contributed by atoms with Crippen molar-refractivity contribution in [1.82, 2.24) is 0 Å². The number of methoxy groups -OCH3 is 2. The van der Waals surface area contributed by atoms with Gasteiger partial charge in [-0.05, 0) is 23.3 Å². The van der Waals surface area contributed by atoms with Crippen LogP contribution in [0.25, 0.3) is 0 Å². The van der Waals surface area contributed by atoms with Gasteiger partial charge < -0.3 is 18.9 Å². The summed E-state index contributed by atoms with van der Waals surface area (Å²) in [4.78, 5) is 0. The highest BCUT2D eigenvalue weighted by Crippen LogP contribution is 2.31. The van der Waals surface area contributed by atoms with Gasteiger partial charge in [0.05, 0.1) is 13.2 Å². The first-order valence-electron chi connectivity index (χ1n) is 8.16. The van der Waals surface area contributed by atoms with Crippen LogP contribution in [0.3, 0.4) is 0 Å². The minimum absolute atomic E-state index is 0.524. The maximum atomic E-state index is 5.84. The Hall–Kier alpha value is -1.13. The van der Waals surface area contributed by atoms with E-state index in [1.54, 1.807) is 14.2 Å². The van der Waals surface area contributed by atoms with E-state index < -0.39 is 0 Å². The molecule has 0 aromatic heterocycles. The van der Waals surface area contributed by atoms with Crippen LogP contribution in [-0.4, -0.2) is 55.2 Å². The van der Waals surface area contributed by atoms with Crippen LogP contribution in [0.5, 0.6) is 11.5 Å². The Labute approximate surface area is 136 Å². The van der Waals surface area contributed by atoms with Gasteiger partial charge in [0.15, 0.2) is 11.5 Å².